The van der Waals surface area contributed by atoms with Gasteiger partial charge in [0.1, 0.15) is 5.75 Å². The number of thioether (sulfide) groups is 1. The van der Waals surface area contributed by atoms with Gasteiger partial charge in [0.25, 0.3) is 5.91 Å². The van der Waals surface area contributed by atoms with Crippen molar-refractivity contribution in [2.75, 3.05) is 13.7 Å². The Bertz CT molecular complexity index is 1020. The topological polar surface area (TPSA) is 123 Å². The summed E-state index contributed by atoms with van der Waals surface area (Å²) in [7, 11) is 1.29. The lowest BCUT2D eigenvalue weighted by Crippen LogP contribution is -2.19. The van der Waals surface area contributed by atoms with Crippen LogP contribution in [-0.2, 0) is 4.79 Å². The van der Waals surface area contributed by atoms with Crippen molar-refractivity contribution >= 4 is 40.3 Å². The predicted octanol–water partition coefficient (Wildman–Crippen LogP) is 3.60. The Hall–Kier alpha value is -3.53. The first-order valence-electron chi connectivity index (χ1n) is 8.49. The minimum Gasteiger partial charge on any atom is -0.500 e. The molecule has 0 radical (unpaired) electrons. The van der Waals surface area contributed by atoms with Crippen LogP contribution in [0.15, 0.2) is 46.3 Å². The number of aliphatic imine (C=N–C) groups is 1. The Kier molecular flexibility index (Phi) is 6.03. The standard InChI is InChI=1S/C19H17N3O6S/c1-3-28-13-6-4-12(5-7-13)20-19-21-18(24)16(29-19)10-11-8-14(22(25)26)17(23)15(9-11)27-2/h4-10,23H,3H2,1-2H3,(H,20,21,24). The lowest BCUT2D eigenvalue weighted by Gasteiger charge is -2.05. The first-order valence-corrected chi connectivity index (χ1v) is 9.30. The predicted molar refractivity (Wildman–Crippen MR) is 110 cm³/mol. The van der Waals surface area contributed by atoms with Gasteiger partial charge in [-0.3, -0.25) is 14.9 Å². The molecule has 3 rings (SSSR count). The van der Waals surface area contributed by atoms with Crippen LogP contribution in [-0.4, -0.2) is 34.8 Å². The van der Waals surface area contributed by atoms with Gasteiger partial charge in [-0.05, 0) is 60.7 Å². The fraction of sp³-hybridized carbons (Fsp3) is 0.158. The lowest BCUT2D eigenvalue weighted by molar-refractivity contribution is -0.386. The number of methoxy groups -OCH3 is 1. The van der Waals surface area contributed by atoms with E-state index in [9.17, 15) is 20.0 Å². The Morgan fingerprint density at radius 2 is 2.03 bits per heavy atom. The number of carbonyl (C=O) groups is 1. The Morgan fingerprint density at radius 3 is 2.66 bits per heavy atom. The quantitative estimate of drug-likeness (QED) is 0.420. The zero-order valence-electron chi connectivity index (χ0n) is 15.5. The van der Waals surface area contributed by atoms with Crippen LogP contribution in [0, 0.1) is 10.1 Å². The molecular weight excluding hydrogens is 398 g/mol. The van der Waals surface area contributed by atoms with Gasteiger partial charge in [-0.25, -0.2) is 4.99 Å². The molecule has 0 aliphatic carbocycles. The molecule has 1 aliphatic heterocycles. The molecule has 9 nitrogen and oxygen atoms in total. The largest absolute Gasteiger partial charge is 0.500 e. The third-order valence-electron chi connectivity index (χ3n) is 3.82. The maximum atomic E-state index is 12.2. The highest BCUT2D eigenvalue weighted by atomic mass is 32.2. The number of nitro benzene ring substituents is 1. The zero-order valence-corrected chi connectivity index (χ0v) is 16.4. The van der Waals surface area contributed by atoms with Crippen LogP contribution < -0.4 is 14.8 Å². The molecular formula is C19H17N3O6S. The summed E-state index contributed by atoms with van der Waals surface area (Å²) in [6.45, 7) is 2.46. The Balaban J connectivity index is 1.85. The van der Waals surface area contributed by atoms with Crippen LogP contribution >= 0.6 is 11.8 Å². The van der Waals surface area contributed by atoms with Crippen molar-refractivity contribution in [1.82, 2.24) is 5.32 Å². The van der Waals surface area contributed by atoms with E-state index >= 15 is 0 Å². The van der Waals surface area contributed by atoms with Crippen molar-refractivity contribution in [3.8, 4) is 17.2 Å². The first kappa shape index (κ1) is 20.2. The Labute approximate surface area is 170 Å². The van der Waals surface area contributed by atoms with E-state index < -0.39 is 16.4 Å². The molecule has 10 heteroatoms. The van der Waals surface area contributed by atoms with Gasteiger partial charge in [0.15, 0.2) is 10.9 Å². The number of nitro groups is 1. The van der Waals surface area contributed by atoms with Crippen LogP contribution in [0.4, 0.5) is 11.4 Å². The molecule has 29 heavy (non-hydrogen) atoms. The summed E-state index contributed by atoms with van der Waals surface area (Å²) in [5.41, 5.74) is 0.466. The number of rotatable bonds is 6. The van der Waals surface area contributed by atoms with E-state index in [0.717, 1.165) is 17.5 Å². The maximum absolute atomic E-state index is 12.2. The monoisotopic (exact) mass is 415 g/mol. The highest BCUT2D eigenvalue weighted by Gasteiger charge is 2.25. The van der Waals surface area contributed by atoms with Crippen LogP contribution in [0.3, 0.4) is 0 Å². The van der Waals surface area contributed by atoms with E-state index in [4.69, 9.17) is 9.47 Å². The average Bonchev–Trinajstić information content (AvgIpc) is 3.03. The number of carbonyl (C=O) groups excluding carboxylic acids is 1. The summed E-state index contributed by atoms with van der Waals surface area (Å²) in [6.07, 6.45) is 1.47. The van der Waals surface area contributed by atoms with Crippen LogP contribution in [0.5, 0.6) is 17.2 Å². The average molecular weight is 415 g/mol. The zero-order chi connectivity index (χ0) is 21.0. The highest BCUT2D eigenvalue weighted by molar-refractivity contribution is 8.18. The molecule has 2 aromatic rings. The van der Waals surface area contributed by atoms with Gasteiger partial charge in [-0.2, -0.15) is 0 Å². The second-order valence-corrected chi connectivity index (χ2v) is 6.79. The SMILES string of the molecule is CCOc1ccc(N=C2NC(=O)C(=Cc3cc(OC)c(O)c([N+](=O)[O-])c3)S2)cc1. The van der Waals surface area contributed by atoms with E-state index in [2.05, 4.69) is 10.3 Å². The molecule has 0 aromatic heterocycles. The smallest absolute Gasteiger partial charge is 0.315 e. The number of nitrogens with zero attached hydrogens (tertiary/aromatic N) is 2. The number of benzene rings is 2. The van der Waals surface area contributed by atoms with Gasteiger partial charge < -0.3 is 19.9 Å². The Morgan fingerprint density at radius 1 is 1.31 bits per heavy atom. The van der Waals surface area contributed by atoms with Gasteiger partial charge in [0, 0.05) is 6.07 Å². The third-order valence-corrected chi connectivity index (χ3v) is 4.73. The molecule has 1 aliphatic rings. The minimum atomic E-state index is -0.722. The molecule has 2 aromatic carbocycles. The van der Waals surface area contributed by atoms with E-state index in [1.807, 2.05) is 6.92 Å². The van der Waals surface area contributed by atoms with Gasteiger partial charge in [-0.1, -0.05) is 0 Å². The van der Waals surface area contributed by atoms with Crippen molar-refractivity contribution in [3.63, 3.8) is 0 Å². The van der Waals surface area contributed by atoms with Crippen molar-refractivity contribution in [1.29, 1.82) is 0 Å². The summed E-state index contributed by atoms with van der Waals surface area (Å²) in [5, 5.41) is 24.0. The van der Waals surface area contributed by atoms with Gasteiger partial charge in [0.05, 0.1) is 29.2 Å². The number of phenolic OH excluding ortho intramolecular Hbond substituents is 1. The summed E-state index contributed by atoms with van der Waals surface area (Å²) < 4.78 is 10.3. The number of hydrogen-bond donors (Lipinski definition) is 2. The number of ether oxygens (including phenoxy) is 2. The highest BCUT2D eigenvalue weighted by Crippen LogP contribution is 2.38. The van der Waals surface area contributed by atoms with E-state index in [1.165, 1.54) is 25.3 Å². The summed E-state index contributed by atoms with van der Waals surface area (Å²) >= 11 is 1.10. The molecule has 1 saturated heterocycles. The number of amides is 1. The van der Waals surface area contributed by atoms with E-state index in [0.29, 0.717) is 27.9 Å². The second-order valence-electron chi connectivity index (χ2n) is 5.76. The van der Waals surface area contributed by atoms with E-state index in [-0.39, 0.29) is 11.7 Å². The lowest BCUT2D eigenvalue weighted by atomic mass is 10.1. The van der Waals surface area contributed by atoms with Crippen molar-refractivity contribution in [2.24, 2.45) is 4.99 Å². The van der Waals surface area contributed by atoms with Crippen molar-refractivity contribution in [2.45, 2.75) is 6.92 Å². The first-order chi connectivity index (χ1) is 13.9. The number of aromatic hydroxyl groups is 1. The normalized spacial score (nSPS) is 16.1. The van der Waals surface area contributed by atoms with Gasteiger partial charge in [0.2, 0.25) is 5.75 Å². The van der Waals surface area contributed by atoms with Crippen LogP contribution in [0.2, 0.25) is 0 Å². The number of hydrogen-bond acceptors (Lipinski definition) is 8. The minimum absolute atomic E-state index is 0.0577. The summed E-state index contributed by atoms with van der Waals surface area (Å²) in [5.74, 6) is -0.281. The van der Waals surface area contributed by atoms with Crippen LogP contribution in [0.25, 0.3) is 6.08 Å². The fourth-order valence-corrected chi connectivity index (χ4v) is 3.37. The molecule has 0 bridgehead atoms. The van der Waals surface area contributed by atoms with Gasteiger partial charge in [-0.15, -0.1) is 0 Å². The molecule has 0 atom stereocenters. The molecule has 0 spiro atoms. The summed E-state index contributed by atoms with van der Waals surface area (Å²) in [4.78, 5) is 27.3. The molecule has 1 amide bonds. The van der Waals surface area contributed by atoms with E-state index in [1.54, 1.807) is 24.3 Å². The maximum Gasteiger partial charge on any atom is 0.315 e. The summed E-state index contributed by atoms with van der Waals surface area (Å²) in [6, 6.07) is 9.66. The number of nitrogens with one attached hydrogen (secondary N) is 1. The molecule has 150 valence electrons. The third kappa shape index (κ3) is 4.66. The second kappa shape index (κ2) is 8.65. The van der Waals surface area contributed by atoms with Crippen LogP contribution in [0.1, 0.15) is 12.5 Å². The molecule has 1 heterocycles. The molecule has 0 unspecified atom stereocenters. The van der Waals surface area contributed by atoms with Crippen molar-refractivity contribution in [3.05, 3.63) is 57.0 Å². The molecule has 1 fully saturated rings. The fourth-order valence-electron chi connectivity index (χ4n) is 2.52. The molecule has 2 N–H and O–H groups in total. The molecule has 0 saturated carbocycles. The van der Waals surface area contributed by atoms with Gasteiger partial charge >= 0.3 is 5.69 Å². The van der Waals surface area contributed by atoms with Crippen molar-refractivity contribution < 1.29 is 24.3 Å². The number of phenols is 1. The number of amidine groups is 1.